The second kappa shape index (κ2) is 7.89. The number of nitrogens with one attached hydrogen (secondary N) is 2. The molecule has 2 fully saturated rings. The SMILES string of the molecule is CCN(CC(=O)O)C1CC(NC(=O)NC2CCCSC2)C1. The predicted molar refractivity (Wildman–Crippen MR) is 83.7 cm³/mol. The number of hydrogen-bond donors (Lipinski definition) is 3. The third-order valence-electron chi connectivity index (χ3n) is 4.20. The second-order valence-electron chi connectivity index (χ2n) is 5.81. The fourth-order valence-electron chi connectivity index (χ4n) is 2.94. The summed E-state index contributed by atoms with van der Waals surface area (Å²) in [5.74, 6) is 1.41. The molecule has 1 saturated heterocycles. The minimum absolute atomic E-state index is 0.0766. The van der Waals surface area contributed by atoms with Crippen LogP contribution >= 0.6 is 11.8 Å². The van der Waals surface area contributed by atoms with Crippen molar-refractivity contribution < 1.29 is 14.7 Å². The second-order valence-corrected chi connectivity index (χ2v) is 6.96. The van der Waals surface area contributed by atoms with E-state index in [2.05, 4.69) is 10.6 Å². The average molecular weight is 315 g/mol. The van der Waals surface area contributed by atoms with Crippen LogP contribution in [0.25, 0.3) is 0 Å². The van der Waals surface area contributed by atoms with Crippen molar-refractivity contribution in [1.29, 1.82) is 0 Å². The Hall–Kier alpha value is -0.950. The van der Waals surface area contributed by atoms with Crippen LogP contribution in [0.2, 0.25) is 0 Å². The molecule has 0 spiro atoms. The molecule has 3 N–H and O–H groups in total. The Morgan fingerprint density at radius 2 is 2.00 bits per heavy atom. The van der Waals surface area contributed by atoms with Crippen LogP contribution in [-0.4, -0.2) is 64.7 Å². The topological polar surface area (TPSA) is 81.7 Å². The van der Waals surface area contributed by atoms with E-state index in [-0.39, 0.29) is 24.7 Å². The monoisotopic (exact) mass is 315 g/mol. The smallest absolute Gasteiger partial charge is 0.317 e. The van der Waals surface area contributed by atoms with Gasteiger partial charge in [0.15, 0.2) is 0 Å². The molecule has 1 heterocycles. The first-order valence-corrected chi connectivity index (χ1v) is 8.84. The number of likely N-dealkylation sites (N-methyl/N-ethyl adjacent to an activating group) is 1. The van der Waals surface area contributed by atoms with Crippen molar-refractivity contribution in [1.82, 2.24) is 15.5 Å². The first-order valence-electron chi connectivity index (χ1n) is 7.69. The highest BCUT2D eigenvalue weighted by molar-refractivity contribution is 7.99. The number of nitrogens with zero attached hydrogens (tertiary/aromatic N) is 1. The van der Waals surface area contributed by atoms with E-state index in [1.54, 1.807) is 0 Å². The van der Waals surface area contributed by atoms with Gasteiger partial charge in [0.05, 0.1) is 6.54 Å². The predicted octanol–water partition coefficient (Wildman–Crippen LogP) is 1.12. The number of carbonyl (C=O) groups is 2. The number of thioether (sulfide) groups is 1. The first-order chi connectivity index (χ1) is 10.1. The van der Waals surface area contributed by atoms with Gasteiger partial charge in [-0.3, -0.25) is 9.69 Å². The summed E-state index contributed by atoms with van der Waals surface area (Å²) in [6, 6.07) is 0.668. The third kappa shape index (κ3) is 5.07. The van der Waals surface area contributed by atoms with Crippen LogP contribution in [0.3, 0.4) is 0 Å². The number of urea groups is 1. The van der Waals surface area contributed by atoms with E-state index < -0.39 is 5.97 Å². The quantitative estimate of drug-likeness (QED) is 0.684. The van der Waals surface area contributed by atoms with Gasteiger partial charge in [0, 0.05) is 23.9 Å². The molecule has 7 heteroatoms. The molecule has 0 bridgehead atoms. The van der Waals surface area contributed by atoms with Crippen LogP contribution in [0.5, 0.6) is 0 Å². The molecule has 0 aromatic carbocycles. The van der Waals surface area contributed by atoms with Gasteiger partial charge in [-0.25, -0.2) is 4.79 Å². The van der Waals surface area contributed by atoms with Gasteiger partial charge < -0.3 is 15.7 Å². The van der Waals surface area contributed by atoms with Crippen molar-refractivity contribution in [3.63, 3.8) is 0 Å². The van der Waals surface area contributed by atoms with Crippen molar-refractivity contribution in [2.45, 2.75) is 50.7 Å². The Balaban J connectivity index is 1.64. The summed E-state index contributed by atoms with van der Waals surface area (Å²) < 4.78 is 0. The number of rotatable bonds is 6. The molecule has 1 aliphatic carbocycles. The zero-order valence-corrected chi connectivity index (χ0v) is 13.3. The number of hydrogen-bond acceptors (Lipinski definition) is 4. The van der Waals surface area contributed by atoms with Crippen LogP contribution in [0.15, 0.2) is 0 Å². The van der Waals surface area contributed by atoms with Crippen LogP contribution in [0, 0.1) is 0 Å². The standard InChI is InChI=1S/C14H25N3O3S/c1-2-17(8-13(18)19)12-6-11(7-12)16-14(20)15-10-4-3-5-21-9-10/h10-12H,2-9H2,1H3,(H,18,19)(H2,15,16,20). The summed E-state index contributed by atoms with van der Waals surface area (Å²) in [6.07, 6.45) is 3.92. The Labute approximate surface area is 130 Å². The summed E-state index contributed by atoms with van der Waals surface area (Å²) in [5.41, 5.74) is 0. The maximum Gasteiger partial charge on any atom is 0.317 e. The van der Waals surface area contributed by atoms with Gasteiger partial charge in [-0.05, 0) is 38.0 Å². The molecule has 1 atom stereocenters. The number of carbonyl (C=O) groups excluding carboxylic acids is 1. The van der Waals surface area contributed by atoms with Gasteiger partial charge in [0.2, 0.25) is 0 Å². The van der Waals surface area contributed by atoms with Crippen molar-refractivity contribution in [3.8, 4) is 0 Å². The molecular weight excluding hydrogens is 290 g/mol. The molecule has 0 aromatic rings. The Morgan fingerprint density at radius 3 is 2.57 bits per heavy atom. The van der Waals surface area contributed by atoms with E-state index in [1.807, 2.05) is 23.6 Å². The van der Waals surface area contributed by atoms with Crippen LogP contribution in [0.1, 0.15) is 32.6 Å². The van der Waals surface area contributed by atoms with E-state index >= 15 is 0 Å². The van der Waals surface area contributed by atoms with Gasteiger partial charge in [-0.1, -0.05) is 6.92 Å². The van der Waals surface area contributed by atoms with E-state index in [0.29, 0.717) is 6.04 Å². The van der Waals surface area contributed by atoms with Gasteiger partial charge >= 0.3 is 12.0 Å². The largest absolute Gasteiger partial charge is 0.480 e. The Bertz CT molecular complexity index is 368. The van der Waals surface area contributed by atoms with Gasteiger partial charge in [-0.2, -0.15) is 11.8 Å². The molecule has 1 saturated carbocycles. The van der Waals surface area contributed by atoms with Gasteiger partial charge in [0.1, 0.15) is 0 Å². The minimum Gasteiger partial charge on any atom is -0.480 e. The molecular formula is C14H25N3O3S. The lowest BCUT2D eigenvalue weighted by Crippen LogP contribution is -2.57. The van der Waals surface area contributed by atoms with Gasteiger partial charge in [0.25, 0.3) is 0 Å². The zero-order valence-electron chi connectivity index (χ0n) is 12.5. The molecule has 120 valence electrons. The molecule has 0 radical (unpaired) electrons. The van der Waals surface area contributed by atoms with E-state index in [9.17, 15) is 9.59 Å². The molecule has 2 aliphatic rings. The third-order valence-corrected chi connectivity index (χ3v) is 5.42. The fourth-order valence-corrected chi connectivity index (χ4v) is 4.02. The number of amides is 2. The Morgan fingerprint density at radius 1 is 1.29 bits per heavy atom. The maximum atomic E-state index is 11.9. The highest BCUT2D eigenvalue weighted by Gasteiger charge is 2.34. The molecule has 2 amide bonds. The number of carboxylic acid groups (broad SMARTS) is 1. The zero-order chi connectivity index (χ0) is 15.2. The number of carboxylic acids is 1. The lowest BCUT2D eigenvalue weighted by Gasteiger charge is -2.42. The summed E-state index contributed by atoms with van der Waals surface area (Å²) in [4.78, 5) is 24.6. The summed E-state index contributed by atoms with van der Waals surface area (Å²) in [7, 11) is 0. The molecule has 21 heavy (non-hydrogen) atoms. The van der Waals surface area contributed by atoms with Gasteiger partial charge in [-0.15, -0.1) is 0 Å². The van der Waals surface area contributed by atoms with Crippen LogP contribution < -0.4 is 10.6 Å². The normalized spacial score (nSPS) is 28.8. The summed E-state index contributed by atoms with van der Waals surface area (Å²) >= 11 is 1.89. The maximum absolute atomic E-state index is 11.9. The molecule has 1 aliphatic heterocycles. The highest BCUT2D eigenvalue weighted by atomic mass is 32.2. The molecule has 0 aromatic heterocycles. The number of aliphatic carboxylic acids is 1. The minimum atomic E-state index is -0.791. The molecule has 6 nitrogen and oxygen atoms in total. The molecule has 1 unspecified atom stereocenters. The Kier molecular flexibility index (Phi) is 6.17. The summed E-state index contributed by atoms with van der Waals surface area (Å²) in [6.45, 7) is 2.78. The first kappa shape index (κ1) is 16.4. The average Bonchev–Trinajstić information content (AvgIpc) is 2.41. The van der Waals surface area contributed by atoms with Crippen molar-refractivity contribution >= 4 is 23.8 Å². The lowest BCUT2D eigenvalue weighted by atomic mass is 9.85. The molecule has 2 rings (SSSR count). The lowest BCUT2D eigenvalue weighted by molar-refractivity contribution is -0.139. The fraction of sp³-hybridized carbons (Fsp3) is 0.857. The van der Waals surface area contributed by atoms with Crippen LogP contribution in [0.4, 0.5) is 4.79 Å². The van der Waals surface area contributed by atoms with Crippen LogP contribution in [-0.2, 0) is 4.79 Å². The summed E-state index contributed by atoms with van der Waals surface area (Å²) in [5, 5.41) is 14.9. The van der Waals surface area contributed by atoms with Crippen molar-refractivity contribution in [2.75, 3.05) is 24.6 Å². The highest BCUT2D eigenvalue weighted by Crippen LogP contribution is 2.25. The van der Waals surface area contributed by atoms with E-state index in [4.69, 9.17) is 5.11 Å². The van der Waals surface area contributed by atoms with Crippen molar-refractivity contribution in [3.05, 3.63) is 0 Å². The van der Waals surface area contributed by atoms with Crippen molar-refractivity contribution in [2.24, 2.45) is 0 Å². The van der Waals surface area contributed by atoms with E-state index in [1.165, 1.54) is 12.2 Å². The van der Waals surface area contributed by atoms with E-state index in [0.717, 1.165) is 31.6 Å².